The van der Waals surface area contributed by atoms with E-state index < -0.39 is 0 Å². The van der Waals surface area contributed by atoms with E-state index in [4.69, 9.17) is 5.73 Å². The Labute approximate surface area is 156 Å². The number of hydrogen-bond acceptors (Lipinski definition) is 3. The summed E-state index contributed by atoms with van der Waals surface area (Å²) in [5.74, 6) is 0.558. The number of nitrogen functional groups attached to an aromatic ring is 1. The van der Waals surface area contributed by atoms with Gasteiger partial charge in [0.05, 0.1) is 5.69 Å². The Morgan fingerprint density at radius 2 is 1.46 bits per heavy atom. The number of aryl methyl sites for hydroxylation is 1. The van der Waals surface area contributed by atoms with Crippen LogP contribution in [0.4, 0.5) is 5.82 Å². The molecule has 26 heavy (non-hydrogen) atoms. The van der Waals surface area contributed by atoms with Gasteiger partial charge in [0, 0.05) is 5.56 Å². The van der Waals surface area contributed by atoms with E-state index in [-0.39, 0.29) is 0 Å². The lowest BCUT2D eigenvalue weighted by atomic mass is 10.1. The summed E-state index contributed by atoms with van der Waals surface area (Å²) in [7, 11) is 0. The summed E-state index contributed by atoms with van der Waals surface area (Å²) in [5.41, 5.74) is 10.6. The van der Waals surface area contributed by atoms with E-state index >= 15 is 0 Å². The van der Waals surface area contributed by atoms with E-state index in [1.165, 1.54) is 30.4 Å². The van der Waals surface area contributed by atoms with Crippen LogP contribution >= 0.6 is 0 Å². The van der Waals surface area contributed by atoms with Crippen LogP contribution in [0.15, 0.2) is 72.8 Å². The van der Waals surface area contributed by atoms with Crippen LogP contribution in [-0.4, -0.2) is 18.1 Å². The highest BCUT2D eigenvalue weighted by molar-refractivity contribution is 5.61. The molecule has 3 nitrogen and oxygen atoms in total. The molecule has 3 heteroatoms. The largest absolute Gasteiger partial charge is 0.384 e. The molecule has 1 heterocycles. The van der Waals surface area contributed by atoms with Gasteiger partial charge in [-0.15, -0.1) is 0 Å². The second-order valence-corrected chi connectivity index (χ2v) is 6.59. The van der Waals surface area contributed by atoms with Gasteiger partial charge in [0.2, 0.25) is 0 Å². The molecule has 0 aliphatic rings. The molecule has 0 aliphatic carbocycles. The zero-order chi connectivity index (χ0) is 18.0. The van der Waals surface area contributed by atoms with Crippen molar-refractivity contribution < 1.29 is 0 Å². The van der Waals surface area contributed by atoms with Crippen LogP contribution in [0.3, 0.4) is 0 Å². The summed E-state index contributed by atoms with van der Waals surface area (Å²) in [6.45, 7) is 2.10. The van der Waals surface area contributed by atoms with Gasteiger partial charge in [-0.2, -0.15) is 0 Å². The maximum absolute atomic E-state index is 5.76. The van der Waals surface area contributed by atoms with E-state index in [9.17, 15) is 0 Å². The van der Waals surface area contributed by atoms with Crippen molar-refractivity contribution in [2.45, 2.75) is 25.7 Å². The number of hydrogen-bond donors (Lipinski definition) is 2. The van der Waals surface area contributed by atoms with Crippen molar-refractivity contribution in [3.63, 3.8) is 0 Å². The predicted octanol–water partition coefficient (Wildman–Crippen LogP) is 4.49. The van der Waals surface area contributed by atoms with Gasteiger partial charge in [0.15, 0.2) is 0 Å². The second kappa shape index (κ2) is 9.73. The van der Waals surface area contributed by atoms with Gasteiger partial charge in [-0.05, 0) is 62.0 Å². The number of nitrogens with zero attached hydrogens (tertiary/aromatic N) is 1. The van der Waals surface area contributed by atoms with E-state index in [2.05, 4.69) is 64.9 Å². The molecule has 3 rings (SSSR count). The molecule has 0 atom stereocenters. The molecule has 3 aromatic rings. The zero-order valence-electron chi connectivity index (χ0n) is 15.2. The molecule has 0 bridgehead atoms. The van der Waals surface area contributed by atoms with E-state index in [0.717, 1.165) is 30.8 Å². The number of nitrogens with two attached hydrogens (primary N) is 1. The molecular formula is C23H27N3. The number of benzene rings is 2. The van der Waals surface area contributed by atoms with Crippen LogP contribution in [0.25, 0.3) is 11.3 Å². The molecule has 0 fully saturated rings. The fourth-order valence-electron chi connectivity index (χ4n) is 3.04. The maximum atomic E-state index is 5.76. The topological polar surface area (TPSA) is 50.9 Å². The van der Waals surface area contributed by atoms with Crippen molar-refractivity contribution in [3.05, 3.63) is 83.9 Å². The summed E-state index contributed by atoms with van der Waals surface area (Å²) < 4.78 is 0. The lowest BCUT2D eigenvalue weighted by Crippen LogP contribution is -2.18. The SMILES string of the molecule is Nc1cccc(-c2ccc(CCNCCCCc3ccccc3)cc2)n1. The molecule has 1 aromatic heterocycles. The minimum atomic E-state index is 0.558. The Balaban J connectivity index is 1.34. The molecular weight excluding hydrogens is 318 g/mol. The summed E-state index contributed by atoms with van der Waals surface area (Å²) in [5, 5.41) is 3.55. The molecule has 2 aromatic carbocycles. The van der Waals surface area contributed by atoms with Gasteiger partial charge in [0.1, 0.15) is 5.82 Å². The summed E-state index contributed by atoms with van der Waals surface area (Å²) in [4.78, 5) is 4.36. The first-order valence-electron chi connectivity index (χ1n) is 9.38. The molecule has 0 radical (unpaired) electrons. The van der Waals surface area contributed by atoms with Crippen molar-refractivity contribution in [1.82, 2.24) is 10.3 Å². The number of anilines is 1. The molecule has 0 saturated heterocycles. The molecule has 0 saturated carbocycles. The Kier molecular flexibility index (Phi) is 6.80. The number of pyridine rings is 1. The first-order chi connectivity index (χ1) is 12.8. The second-order valence-electron chi connectivity index (χ2n) is 6.59. The van der Waals surface area contributed by atoms with Crippen LogP contribution in [0, 0.1) is 0 Å². The third kappa shape index (κ3) is 5.71. The van der Waals surface area contributed by atoms with E-state index in [0.29, 0.717) is 5.82 Å². The Morgan fingerprint density at radius 3 is 2.23 bits per heavy atom. The normalized spacial score (nSPS) is 10.8. The van der Waals surface area contributed by atoms with Crippen LogP contribution in [0.1, 0.15) is 24.0 Å². The van der Waals surface area contributed by atoms with Gasteiger partial charge in [-0.1, -0.05) is 60.7 Å². The van der Waals surface area contributed by atoms with Crippen LogP contribution < -0.4 is 11.1 Å². The van der Waals surface area contributed by atoms with Gasteiger partial charge in [-0.3, -0.25) is 0 Å². The standard InChI is InChI=1S/C23H27N3/c24-23-11-6-10-22(26-23)21-14-12-20(13-15-21)16-18-25-17-5-4-9-19-7-2-1-3-8-19/h1-3,6-8,10-15,25H,4-5,9,16-18H2,(H2,24,26). The summed E-state index contributed by atoms with van der Waals surface area (Å²) in [6.07, 6.45) is 4.67. The molecule has 0 aliphatic heterocycles. The Bertz CT molecular complexity index is 782. The average Bonchev–Trinajstić information content (AvgIpc) is 2.68. The molecule has 3 N–H and O–H groups in total. The number of rotatable bonds is 9. The van der Waals surface area contributed by atoms with Crippen molar-refractivity contribution in [2.24, 2.45) is 0 Å². The number of unbranched alkanes of at least 4 members (excludes halogenated alkanes) is 1. The van der Waals surface area contributed by atoms with Crippen LogP contribution in [-0.2, 0) is 12.8 Å². The lowest BCUT2D eigenvalue weighted by molar-refractivity contribution is 0.622. The Hall–Kier alpha value is -2.65. The smallest absolute Gasteiger partial charge is 0.124 e. The number of nitrogens with one attached hydrogen (secondary N) is 1. The van der Waals surface area contributed by atoms with Gasteiger partial charge in [-0.25, -0.2) is 4.98 Å². The van der Waals surface area contributed by atoms with Gasteiger partial charge < -0.3 is 11.1 Å². The fraction of sp³-hybridized carbons (Fsp3) is 0.261. The molecule has 0 amide bonds. The van der Waals surface area contributed by atoms with E-state index in [1.807, 2.05) is 18.2 Å². The summed E-state index contributed by atoms with van der Waals surface area (Å²) in [6, 6.07) is 25.0. The molecule has 0 unspecified atom stereocenters. The van der Waals surface area contributed by atoms with E-state index in [1.54, 1.807) is 0 Å². The quantitative estimate of drug-likeness (QED) is 0.562. The van der Waals surface area contributed by atoms with Crippen molar-refractivity contribution in [3.8, 4) is 11.3 Å². The average molecular weight is 345 g/mol. The highest BCUT2D eigenvalue weighted by Crippen LogP contribution is 2.18. The van der Waals surface area contributed by atoms with Crippen LogP contribution in [0.5, 0.6) is 0 Å². The highest BCUT2D eigenvalue weighted by atomic mass is 14.8. The zero-order valence-corrected chi connectivity index (χ0v) is 15.2. The highest BCUT2D eigenvalue weighted by Gasteiger charge is 2.00. The minimum absolute atomic E-state index is 0.558. The Morgan fingerprint density at radius 1 is 0.692 bits per heavy atom. The third-order valence-electron chi connectivity index (χ3n) is 4.52. The van der Waals surface area contributed by atoms with Gasteiger partial charge in [0.25, 0.3) is 0 Å². The minimum Gasteiger partial charge on any atom is -0.384 e. The van der Waals surface area contributed by atoms with Crippen molar-refractivity contribution in [1.29, 1.82) is 0 Å². The lowest BCUT2D eigenvalue weighted by Gasteiger charge is -2.07. The third-order valence-corrected chi connectivity index (χ3v) is 4.52. The predicted molar refractivity (Wildman–Crippen MR) is 110 cm³/mol. The summed E-state index contributed by atoms with van der Waals surface area (Å²) >= 11 is 0. The van der Waals surface area contributed by atoms with Crippen molar-refractivity contribution in [2.75, 3.05) is 18.8 Å². The molecule has 0 spiro atoms. The van der Waals surface area contributed by atoms with Crippen molar-refractivity contribution >= 4 is 5.82 Å². The maximum Gasteiger partial charge on any atom is 0.124 e. The van der Waals surface area contributed by atoms with Crippen LogP contribution in [0.2, 0.25) is 0 Å². The van der Waals surface area contributed by atoms with Gasteiger partial charge >= 0.3 is 0 Å². The first-order valence-corrected chi connectivity index (χ1v) is 9.38. The number of aromatic nitrogens is 1. The fourth-order valence-corrected chi connectivity index (χ4v) is 3.04. The first kappa shape index (κ1) is 18.2. The monoisotopic (exact) mass is 345 g/mol. The molecule has 134 valence electrons.